The number of hydrogen-bond donors (Lipinski definition) is 4. The molecule has 0 aliphatic carbocycles. The monoisotopic (exact) mass is 622 g/mol. The Kier molecular flexibility index (Phi) is 8.25. The van der Waals surface area contributed by atoms with Gasteiger partial charge in [0.2, 0.25) is 5.91 Å². The van der Waals surface area contributed by atoms with Crippen molar-refractivity contribution in [1.82, 2.24) is 24.6 Å². The quantitative estimate of drug-likeness (QED) is 0.213. The zero-order chi connectivity index (χ0) is 30.9. The van der Waals surface area contributed by atoms with Gasteiger partial charge in [-0.3, -0.25) is 15.0 Å². The molecule has 0 bridgehead atoms. The third-order valence-corrected chi connectivity index (χ3v) is 7.39. The van der Waals surface area contributed by atoms with Gasteiger partial charge in [0.25, 0.3) is 0 Å². The van der Waals surface area contributed by atoms with Crippen molar-refractivity contribution in [2.75, 3.05) is 36.9 Å². The van der Waals surface area contributed by atoms with Gasteiger partial charge >= 0.3 is 18.2 Å². The van der Waals surface area contributed by atoms with Crippen molar-refractivity contribution in [1.29, 1.82) is 0 Å². The number of carboxylic acids is 1. The molecule has 1 saturated heterocycles. The van der Waals surface area contributed by atoms with Crippen LogP contribution in [-0.4, -0.2) is 74.0 Å². The summed E-state index contributed by atoms with van der Waals surface area (Å²) < 4.78 is 59.8. The number of thiazole rings is 1. The van der Waals surface area contributed by atoms with Gasteiger partial charge < -0.3 is 20.9 Å². The van der Waals surface area contributed by atoms with E-state index >= 15 is 0 Å². The molecule has 0 spiro atoms. The molecule has 4 aromatic rings. The van der Waals surface area contributed by atoms with E-state index in [0.29, 0.717) is 49.4 Å². The Morgan fingerprint density at radius 2 is 1.88 bits per heavy atom. The summed E-state index contributed by atoms with van der Waals surface area (Å²) in [5, 5.41) is 18.7. The molecule has 43 heavy (non-hydrogen) atoms. The highest BCUT2D eigenvalue weighted by Crippen LogP contribution is 2.34. The van der Waals surface area contributed by atoms with Gasteiger partial charge in [-0.2, -0.15) is 18.3 Å². The van der Waals surface area contributed by atoms with E-state index in [0.717, 1.165) is 11.3 Å². The normalized spacial score (nSPS) is 14.9. The van der Waals surface area contributed by atoms with Gasteiger partial charge in [0.15, 0.2) is 10.8 Å². The van der Waals surface area contributed by atoms with Crippen molar-refractivity contribution >= 4 is 51.1 Å². The number of primary amides is 1. The predicted molar refractivity (Wildman–Crippen MR) is 145 cm³/mol. The maximum absolute atomic E-state index is 14.0. The SMILES string of the molecule is NC(=O)CC(N1CCOCC1)n1ncc2c(C(=O)O)cc(-c3cnc(NC(=O)Nc4cc(C(F)(F)F)ccc4F)s3)nc21. The second-order valence-corrected chi connectivity index (χ2v) is 10.3. The molecule has 13 nitrogen and oxygen atoms in total. The van der Waals surface area contributed by atoms with Crippen LogP contribution in [0.25, 0.3) is 21.6 Å². The highest BCUT2D eigenvalue weighted by atomic mass is 32.1. The molecule has 18 heteroatoms. The van der Waals surface area contributed by atoms with Gasteiger partial charge in [0.1, 0.15) is 12.0 Å². The fourth-order valence-corrected chi connectivity index (χ4v) is 5.24. The number of anilines is 2. The maximum Gasteiger partial charge on any atom is 0.416 e. The average molecular weight is 623 g/mol. The molecule has 5 N–H and O–H groups in total. The lowest BCUT2D eigenvalue weighted by Gasteiger charge is -2.34. The number of nitrogens with zero attached hydrogens (tertiary/aromatic N) is 5. The summed E-state index contributed by atoms with van der Waals surface area (Å²) in [6, 6.07) is 1.82. The first-order valence-corrected chi connectivity index (χ1v) is 13.3. The summed E-state index contributed by atoms with van der Waals surface area (Å²) in [5.41, 5.74) is 3.84. The Bertz CT molecular complexity index is 1700. The van der Waals surface area contributed by atoms with Gasteiger partial charge in [-0.05, 0) is 24.3 Å². The number of rotatable bonds is 8. The number of urea groups is 1. The Morgan fingerprint density at radius 3 is 2.56 bits per heavy atom. The van der Waals surface area contributed by atoms with E-state index < -0.39 is 47.3 Å². The molecule has 1 aliphatic heterocycles. The number of morpholine rings is 1. The number of benzene rings is 1. The van der Waals surface area contributed by atoms with Crippen LogP contribution in [0.2, 0.25) is 0 Å². The van der Waals surface area contributed by atoms with E-state index in [1.807, 2.05) is 10.2 Å². The molecular formula is C25H22F4N8O5S. The van der Waals surface area contributed by atoms with Crippen molar-refractivity contribution in [3.05, 3.63) is 53.6 Å². The summed E-state index contributed by atoms with van der Waals surface area (Å²) in [5.74, 6) is -2.95. The molecular weight excluding hydrogens is 600 g/mol. The van der Waals surface area contributed by atoms with E-state index in [4.69, 9.17) is 10.5 Å². The van der Waals surface area contributed by atoms with Crippen LogP contribution in [-0.2, 0) is 15.7 Å². The van der Waals surface area contributed by atoms with E-state index in [1.165, 1.54) is 23.1 Å². The zero-order valence-electron chi connectivity index (χ0n) is 21.9. The molecule has 1 fully saturated rings. The highest BCUT2D eigenvalue weighted by molar-refractivity contribution is 7.19. The minimum atomic E-state index is -4.74. The minimum absolute atomic E-state index is 0.0351. The Morgan fingerprint density at radius 1 is 1.14 bits per heavy atom. The molecule has 1 aliphatic rings. The van der Waals surface area contributed by atoms with Crippen LogP contribution in [0.15, 0.2) is 36.7 Å². The van der Waals surface area contributed by atoms with Crippen LogP contribution in [0.4, 0.5) is 33.2 Å². The summed E-state index contributed by atoms with van der Waals surface area (Å²) in [7, 11) is 0. The van der Waals surface area contributed by atoms with E-state index in [9.17, 15) is 37.1 Å². The molecule has 1 atom stereocenters. The lowest BCUT2D eigenvalue weighted by Crippen LogP contribution is -2.43. The minimum Gasteiger partial charge on any atom is -0.478 e. The second kappa shape index (κ2) is 11.9. The fourth-order valence-electron chi connectivity index (χ4n) is 4.46. The van der Waals surface area contributed by atoms with E-state index in [-0.39, 0.29) is 33.8 Å². The largest absolute Gasteiger partial charge is 0.478 e. The number of hydrogen-bond acceptors (Lipinski definition) is 9. The summed E-state index contributed by atoms with van der Waals surface area (Å²) in [6.45, 7) is 1.78. The first-order chi connectivity index (χ1) is 20.4. The van der Waals surface area contributed by atoms with Crippen molar-refractivity contribution in [3.63, 3.8) is 0 Å². The maximum atomic E-state index is 14.0. The molecule has 1 aromatic carbocycles. The molecule has 3 amide bonds. The lowest BCUT2D eigenvalue weighted by atomic mass is 10.1. The number of alkyl halides is 3. The number of aromatic nitrogens is 4. The number of ether oxygens (including phenoxy) is 1. The lowest BCUT2D eigenvalue weighted by molar-refractivity contribution is -0.137. The van der Waals surface area contributed by atoms with Crippen LogP contribution in [0, 0.1) is 5.82 Å². The van der Waals surface area contributed by atoms with Gasteiger partial charge in [0, 0.05) is 19.3 Å². The number of carboxylic acid groups (broad SMARTS) is 1. The van der Waals surface area contributed by atoms with Crippen LogP contribution in [0.5, 0.6) is 0 Å². The number of carbonyl (C=O) groups excluding carboxylic acids is 2. The third kappa shape index (κ3) is 6.55. The van der Waals surface area contributed by atoms with Crippen molar-refractivity contribution in [2.24, 2.45) is 5.73 Å². The number of aromatic carboxylic acids is 1. The topological polar surface area (TPSA) is 178 Å². The fraction of sp³-hybridized carbons (Fsp3) is 0.280. The van der Waals surface area contributed by atoms with Gasteiger partial charge in [-0.1, -0.05) is 11.3 Å². The standard InChI is InChI=1S/C25H22F4N8O5S/c26-15-2-1-12(25(27,28)29)7-16(15)34-23(41)35-24-31-11-18(43-24)17-8-13(22(39)40)14-10-32-37(21(14)33-17)20(9-19(30)38)36-3-5-42-6-4-36/h1-2,7-8,10-11,20H,3-6,9H2,(H2,30,38)(H,39,40)(H2,31,34,35,41). The molecule has 5 rings (SSSR count). The average Bonchev–Trinajstić information content (AvgIpc) is 3.59. The highest BCUT2D eigenvalue weighted by Gasteiger charge is 2.32. The van der Waals surface area contributed by atoms with Gasteiger partial charge in [-0.15, -0.1) is 0 Å². The number of amides is 3. The smallest absolute Gasteiger partial charge is 0.416 e. The van der Waals surface area contributed by atoms with Crippen molar-refractivity contribution in [3.8, 4) is 10.6 Å². The predicted octanol–water partition coefficient (Wildman–Crippen LogP) is 3.76. The zero-order valence-corrected chi connectivity index (χ0v) is 22.7. The van der Waals surface area contributed by atoms with Crippen molar-refractivity contribution in [2.45, 2.75) is 18.8 Å². The number of fused-ring (bicyclic) bond motifs is 1. The van der Waals surface area contributed by atoms with Gasteiger partial charge in [0.05, 0.1) is 58.6 Å². The van der Waals surface area contributed by atoms with Crippen molar-refractivity contribution < 1.29 is 41.8 Å². The number of nitrogens with two attached hydrogens (primary N) is 1. The van der Waals surface area contributed by atoms with Crippen LogP contribution in [0.3, 0.4) is 0 Å². The Hall–Kier alpha value is -4.68. The molecule has 1 unspecified atom stereocenters. The van der Waals surface area contributed by atoms with E-state index in [1.54, 1.807) is 0 Å². The number of carbonyl (C=O) groups is 3. The molecule has 4 heterocycles. The summed E-state index contributed by atoms with van der Waals surface area (Å²) >= 11 is 0.878. The van der Waals surface area contributed by atoms with E-state index in [2.05, 4.69) is 20.4 Å². The third-order valence-electron chi connectivity index (χ3n) is 6.45. The number of pyridine rings is 1. The molecule has 0 saturated carbocycles. The summed E-state index contributed by atoms with van der Waals surface area (Å²) in [6.07, 6.45) is -2.90. The first kappa shape index (κ1) is 29.8. The summed E-state index contributed by atoms with van der Waals surface area (Å²) in [4.78, 5) is 47.4. The molecule has 0 radical (unpaired) electrons. The Labute approximate surface area is 243 Å². The van der Waals surface area contributed by atoms with Crippen LogP contribution < -0.4 is 16.4 Å². The second-order valence-electron chi connectivity index (χ2n) is 9.29. The Balaban J connectivity index is 1.44. The first-order valence-electron chi connectivity index (χ1n) is 12.5. The molecule has 226 valence electrons. The van der Waals surface area contributed by atoms with Gasteiger partial charge in [-0.25, -0.2) is 28.6 Å². The van der Waals surface area contributed by atoms with Crippen LogP contribution >= 0.6 is 11.3 Å². The number of halogens is 4. The number of nitrogens with one attached hydrogen (secondary N) is 2. The molecule has 3 aromatic heterocycles. The van der Waals surface area contributed by atoms with Crippen LogP contribution in [0.1, 0.15) is 28.5 Å².